The molecule has 0 saturated heterocycles. The lowest BCUT2D eigenvalue weighted by Gasteiger charge is -2.19. The minimum absolute atomic E-state index is 0. The number of nitrogens with zero attached hydrogens (tertiary/aromatic N) is 2. The second-order valence-electron chi connectivity index (χ2n) is 6.00. The summed E-state index contributed by atoms with van der Waals surface area (Å²) in [7, 11) is 7.11. The number of carbonyl (C=O) groups excluding carboxylic acids is 1. The summed E-state index contributed by atoms with van der Waals surface area (Å²) >= 11 is 5.55. The van der Waals surface area contributed by atoms with Crippen LogP contribution < -0.4 is 4.90 Å². The number of carboxylic acids is 1. The summed E-state index contributed by atoms with van der Waals surface area (Å²) in [5.41, 5.74) is 2.40. The average molecular weight is 374 g/mol. The van der Waals surface area contributed by atoms with Crippen LogP contribution in [0.5, 0.6) is 0 Å². The zero-order chi connectivity index (χ0) is 18.7. The van der Waals surface area contributed by atoms with Gasteiger partial charge >= 0.3 is 5.97 Å². The molecule has 2 aromatic carbocycles. The number of anilines is 1. The van der Waals surface area contributed by atoms with E-state index in [1.54, 1.807) is 44.4 Å². The van der Waals surface area contributed by atoms with Crippen LogP contribution in [0.1, 0.15) is 31.8 Å². The predicted octanol–water partition coefficient (Wildman–Crippen LogP) is 2.09. The number of hydrogen-bond acceptors (Lipinski definition) is 4. The van der Waals surface area contributed by atoms with E-state index in [9.17, 15) is 14.7 Å². The average Bonchev–Trinajstić information content (AvgIpc) is 2.59. The molecule has 1 amide bonds. The van der Waals surface area contributed by atoms with Gasteiger partial charge in [-0.1, -0.05) is 36.5 Å². The second-order valence-corrected chi connectivity index (χ2v) is 6.41. The van der Waals surface area contributed by atoms with E-state index < -0.39 is 5.97 Å². The van der Waals surface area contributed by atoms with Gasteiger partial charge in [-0.2, -0.15) is 0 Å². The normalized spacial score (nSPS) is 9.85. The first-order chi connectivity index (χ1) is 11.7. The Morgan fingerprint density at radius 3 is 1.92 bits per heavy atom. The topological polar surface area (TPSA) is 92.4 Å². The number of rotatable bonds is 5. The maximum atomic E-state index is 12.6. The molecule has 6 nitrogen and oxygen atoms in total. The third kappa shape index (κ3) is 4.25. The highest BCUT2D eigenvalue weighted by Gasteiger charge is 2.21. The number of carboxylic acid groups (broad SMARTS) is 1. The van der Waals surface area contributed by atoms with Crippen molar-refractivity contribution < 1.29 is 20.2 Å². The molecule has 2 aromatic rings. The molecule has 0 aliphatic carbocycles. The highest BCUT2D eigenvalue weighted by atomic mass is 32.1. The SMILES string of the molecule is CN(C)C(=O)c1cc(N(C)C)ccc1C(=S)c1ccccc1C(=O)O.O. The summed E-state index contributed by atoms with van der Waals surface area (Å²) in [4.78, 5) is 27.8. The van der Waals surface area contributed by atoms with E-state index in [1.807, 2.05) is 25.1 Å². The van der Waals surface area contributed by atoms with Gasteiger partial charge in [-0.3, -0.25) is 4.79 Å². The van der Waals surface area contributed by atoms with Crippen molar-refractivity contribution in [1.29, 1.82) is 0 Å². The molecule has 0 aliphatic rings. The summed E-state index contributed by atoms with van der Waals surface area (Å²) in [6.45, 7) is 0. The fourth-order valence-corrected chi connectivity index (χ4v) is 2.79. The largest absolute Gasteiger partial charge is 0.478 e. The summed E-state index contributed by atoms with van der Waals surface area (Å²) < 4.78 is 0. The molecule has 2 rings (SSSR count). The van der Waals surface area contributed by atoms with Crippen molar-refractivity contribution in [3.8, 4) is 0 Å². The molecular weight excluding hydrogens is 352 g/mol. The van der Waals surface area contributed by atoms with Crippen LogP contribution in [0, 0.1) is 0 Å². The fraction of sp³-hybridized carbons (Fsp3) is 0.211. The minimum atomic E-state index is -1.05. The first-order valence-electron chi connectivity index (χ1n) is 7.64. The third-order valence-electron chi connectivity index (χ3n) is 3.80. The maximum Gasteiger partial charge on any atom is 0.336 e. The van der Waals surface area contributed by atoms with Crippen molar-refractivity contribution in [3.63, 3.8) is 0 Å². The lowest BCUT2D eigenvalue weighted by Crippen LogP contribution is -2.25. The van der Waals surface area contributed by atoms with Gasteiger partial charge in [-0.25, -0.2) is 4.79 Å². The molecule has 138 valence electrons. The molecule has 0 bridgehead atoms. The highest BCUT2D eigenvalue weighted by Crippen LogP contribution is 2.24. The van der Waals surface area contributed by atoms with E-state index in [-0.39, 0.29) is 16.9 Å². The van der Waals surface area contributed by atoms with Crippen molar-refractivity contribution in [3.05, 3.63) is 64.7 Å². The molecule has 0 aromatic heterocycles. The van der Waals surface area contributed by atoms with E-state index in [1.165, 1.54) is 11.0 Å². The molecule has 0 fully saturated rings. The molecule has 0 aliphatic heterocycles. The van der Waals surface area contributed by atoms with Crippen LogP contribution in [-0.2, 0) is 0 Å². The van der Waals surface area contributed by atoms with Crippen LogP contribution in [-0.4, -0.2) is 60.4 Å². The van der Waals surface area contributed by atoms with E-state index in [4.69, 9.17) is 12.2 Å². The lowest BCUT2D eigenvalue weighted by atomic mass is 9.95. The number of benzene rings is 2. The first kappa shape index (κ1) is 21.3. The molecular formula is C19H22N2O4S. The Morgan fingerprint density at radius 1 is 0.885 bits per heavy atom. The van der Waals surface area contributed by atoms with Crippen molar-refractivity contribution in [1.82, 2.24) is 4.90 Å². The zero-order valence-corrected chi connectivity index (χ0v) is 15.9. The Balaban J connectivity index is 0.00000338. The molecule has 0 radical (unpaired) electrons. The Morgan fingerprint density at radius 2 is 1.42 bits per heavy atom. The van der Waals surface area contributed by atoms with Crippen molar-refractivity contribution >= 4 is 34.6 Å². The van der Waals surface area contributed by atoms with Crippen molar-refractivity contribution in [2.24, 2.45) is 0 Å². The Labute approximate surface area is 158 Å². The van der Waals surface area contributed by atoms with Crippen LogP contribution in [0.15, 0.2) is 42.5 Å². The predicted molar refractivity (Wildman–Crippen MR) is 107 cm³/mol. The maximum absolute atomic E-state index is 12.6. The van der Waals surface area contributed by atoms with Crippen LogP contribution in [0.3, 0.4) is 0 Å². The number of aromatic carboxylic acids is 1. The van der Waals surface area contributed by atoms with E-state index in [0.29, 0.717) is 21.6 Å². The second kappa shape index (κ2) is 8.55. The molecule has 26 heavy (non-hydrogen) atoms. The van der Waals surface area contributed by atoms with Gasteiger partial charge in [0.25, 0.3) is 5.91 Å². The molecule has 7 heteroatoms. The van der Waals surface area contributed by atoms with Crippen LogP contribution >= 0.6 is 12.2 Å². The minimum Gasteiger partial charge on any atom is -0.478 e. The van der Waals surface area contributed by atoms with Crippen LogP contribution in [0.25, 0.3) is 0 Å². The van der Waals surface area contributed by atoms with Gasteiger partial charge in [-0.05, 0) is 18.2 Å². The fourth-order valence-electron chi connectivity index (χ4n) is 2.44. The van der Waals surface area contributed by atoms with Gasteiger partial charge in [0, 0.05) is 45.0 Å². The quantitative estimate of drug-likeness (QED) is 0.639. The molecule has 0 unspecified atom stereocenters. The summed E-state index contributed by atoms with van der Waals surface area (Å²) in [5.74, 6) is -1.24. The number of amides is 1. The lowest BCUT2D eigenvalue weighted by molar-refractivity contribution is 0.0696. The Bertz CT molecular complexity index is 847. The van der Waals surface area contributed by atoms with Gasteiger partial charge in [0.2, 0.25) is 0 Å². The van der Waals surface area contributed by atoms with Gasteiger partial charge in [-0.15, -0.1) is 0 Å². The summed E-state index contributed by atoms with van der Waals surface area (Å²) in [6, 6.07) is 11.9. The monoisotopic (exact) mass is 374 g/mol. The van der Waals surface area contributed by atoms with Crippen LogP contribution in [0.2, 0.25) is 0 Å². The molecule has 3 N–H and O–H groups in total. The van der Waals surface area contributed by atoms with Crippen molar-refractivity contribution in [2.75, 3.05) is 33.1 Å². The number of hydrogen-bond donors (Lipinski definition) is 1. The molecule has 0 heterocycles. The first-order valence-corrected chi connectivity index (χ1v) is 8.05. The van der Waals surface area contributed by atoms with E-state index in [2.05, 4.69) is 0 Å². The highest BCUT2D eigenvalue weighted by molar-refractivity contribution is 7.81. The van der Waals surface area contributed by atoms with Gasteiger partial charge in [0.15, 0.2) is 0 Å². The zero-order valence-electron chi connectivity index (χ0n) is 15.1. The van der Waals surface area contributed by atoms with Crippen LogP contribution in [0.4, 0.5) is 5.69 Å². The standard InChI is InChI=1S/C19H20N2O3S.H2O/c1-20(2)12-9-10-14(16(11-12)18(22)21(3)4)17(25)13-7-5-6-8-15(13)19(23)24;/h5-11H,1-4H3,(H,23,24);1H2. The van der Waals surface area contributed by atoms with E-state index >= 15 is 0 Å². The van der Waals surface area contributed by atoms with Gasteiger partial charge in [0.1, 0.15) is 0 Å². The number of carbonyl (C=O) groups is 2. The third-order valence-corrected chi connectivity index (χ3v) is 4.24. The molecule has 0 saturated carbocycles. The molecule has 0 spiro atoms. The van der Waals surface area contributed by atoms with E-state index in [0.717, 1.165) is 5.69 Å². The van der Waals surface area contributed by atoms with Gasteiger partial charge in [0.05, 0.1) is 16.0 Å². The summed E-state index contributed by atoms with van der Waals surface area (Å²) in [5, 5.41) is 9.40. The smallest absolute Gasteiger partial charge is 0.336 e. The summed E-state index contributed by atoms with van der Waals surface area (Å²) in [6.07, 6.45) is 0. The Hall–Kier alpha value is -2.77. The number of thiocarbonyl (C=S) groups is 1. The molecule has 0 atom stereocenters. The van der Waals surface area contributed by atoms with Gasteiger partial charge < -0.3 is 20.4 Å². The Kier molecular flexibility index (Phi) is 7.00. The van der Waals surface area contributed by atoms with Crippen molar-refractivity contribution in [2.45, 2.75) is 0 Å².